The van der Waals surface area contributed by atoms with Crippen LogP contribution in [0.5, 0.6) is 11.5 Å². The second-order valence-corrected chi connectivity index (χ2v) is 7.80. The van der Waals surface area contributed by atoms with Crippen molar-refractivity contribution in [2.24, 2.45) is 0 Å². The highest BCUT2D eigenvalue weighted by atomic mass is 16.5. The van der Waals surface area contributed by atoms with E-state index in [0.29, 0.717) is 17.9 Å². The fourth-order valence-electron chi connectivity index (χ4n) is 3.62. The first-order valence-electron chi connectivity index (χ1n) is 10.9. The summed E-state index contributed by atoms with van der Waals surface area (Å²) in [5, 5.41) is 2.71. The van der Waals surface area contributed by atoms with Gasteiger partial charge in [-0.05, 0) is 47.9 Å². The first-order valence-corrected chi connectivity index (χ1v) is 10.9. The molecule has 6 nitrogen and oxygen atoms in total. The summed E-state index contributed by atoms with van der Waals surface area (Å²) < 4.78 is 11.1. The topological polar surface area (TPSA) is 67.9 Å². The summed E-state index contributed by atoms with van der Waals surface area (Å²) in [6.07, 6.45) is 0.390. The number of rotatable bonds is 10. The van der Waals surface area contributed by atoms with Gasteiger partial charge >= 0.3 is 0 Å². The zero-order valence-corrected chi connectivity index (χ0v) is 19.3. The molecule has 0 aliphatic heterocycles. The van der Waals surface area contributed by atoms with Crippen LogP contribution in [0.4, 0.5) is 0 Å². The molecule has 6 heteroatoms. The Labute approximate surface area is 195 Å². The summed E-state index contributed by atoms with van der Waals surface area (Å²) >= 11 is 0. The lowest BCUT2D eigenvalue weighted by Gasteiger charge is -2.31. The average molecular weight is 447 g/mol. The van der Waals surface area contributed by atoms with Crippen LogP contribution in [0.25, 0.3) is 0 Å². The third-order valence-corrected chi connectivity index (χ3v) is 5.36. The van der Waals surface area contributed by atoms with Crippen LogP contribution in [0.1, 0.15) is 16.7 Å². The van der Waals surface area contributed by atoms with E-state index in [1.165, 1.54) is 0 Å². The number of likely N-dealkylation sites (N-methyl/N-ethyl adjacent to an activating group) is 1. The van der Waals surface area contributed by atoms with Crippen molar-refractivity contribution >= 4 is 11.8 Å². The van der Waals surface area contributed by atoms with Crippen molar-refractivity contribution in [3.05, 3.63) is 95.6 Å². The number of ether oxygens (including phenoxy) is 2. The molecule has 1 N–H and O–H groups in total. The summed E-state index contributed by atoms with van der Waals surface area (Å²) in [6, 6.07) is 24.0. The second-order valence-electron chi connectivity index (χ2n) is 7.80. The SMILES string of the molecule is CNC(=O)C(Cc1ccccc1)N(Cc1cccc(OC)c1)C(=O)COc1cccc(C)c1. The minimum atomic E-state index is -0.697. The third-order valence-electron chi connectivity index (χ3n) is 5.36. The van der Waals surface area contributed by atoms with Gasteiger partial charge in [-0.2, -0.15) is 0 Å². The van der Waals surface area contributed by atoms with Gasteiger partial charge in [0, 0.05) is 20.0 Å². The van der Waals surface area contributed by atoms with Crippen molar-refractivity contribution in [3.63, 3.8) is 0 Å². The third kappa shape index (κ3) is 6.84. The molecule has 172 valence electrons. The number of aryl methyl sites for hydroxylation is 1. The molecule has 0 heterocycles. The Balaban J connectivity index is 1.88. The Morgan fingerprint density at radius 3 is 2.30 bits per heavy atom. The van der Waals surface area contributed by atoms with Gasteiger partial charge in [0.2, 0.25) is 5.91 Å². The molecular weight excluding hydrogens is 416 g/mol. The van der Waals surface area contributed by atoms with Crippen LogP contribution in [0.2, 0.25) is 0 Å². The predicted octanol–water partition coefficient (Wildman–Crippen LogP) is 3.77. The van der Waals surface area contributed by atoms with Crippen LogP contribution in [0.3, 0.4) is 0 Å². The molecule has 3 aromatic rings. The quantitative estimate of drug-likeness (QED) is 0.515. The van der Waals surface area contributed by atoms with Crippen molar-refractivity contribution in [1.82, 2.24) is 10.2 Å². The van der Waals surface area contributed by atoms with Gasteiger partial charge in [-0.1, -0.05) is 54.6 Å². The maximum atomic E-state index is 13.4. The number of carbonyl (C=O) groups excluding carboxylic acids is 2. The second kappa shape index (κ2) is 11.7. The molecule has 3 rings (SSSR count). The summed E-state index contributed by atoms with van der Waals surface area (Å²) in [5.74, 6) is 0.800. The molecule has 0 saturated carbocycles. The van der Waals surface area contributed by atoms with Gasteiger partial charge in [-0.15, -0.1) is 0 Å². The van der Waals surface area contributed by atoms with E-state index in [-0.39, 0.29) is 25.0 Å². The fourth-order valence-corrected chi connectivity index (χ4v) is 3.62. The van der Waals surface area contributed by atoms with Crippen LogP contribution in [0, 0.1) is 6.92 Å². The number of benzene rings is 3. The summed E-state index contributed by atoms with van der Waals surface area (Å²) in [5.41, 5.74) is 2.87. The molecule has 0 aromatic heterocycles. The lowest BCUT2D eigenvalue weighted by molar-refractivity contribution is -0.142. The van der Waals surface area contributed by atoms with Crippen LogP contribution < -0.4 is 14.8 Å². The molecule has 1 atom stereocenters. The van der Waals surface area contributed by atoms with Gasteiger partial charge < -0.3 is 19.7 Å². The number of nitrogens with one attached hydrogen (secondary N) is 1. The van der Waals surface area contributed by atoms with E-state index in [9.17, 15) is 9.59 Å². The molecule has 0 aliphatic rings. The van der Waals surface area contributed by atoms with Crippen LogP contribution in [-0.2, 0) is 22.6 Å². The van der Waals surface area contributed by atoms with Gasteiger partial charge in [0.1, 0.15) is 17.5 Å². The maximum Gasteiger partial charge on any atom is 0.261 e. The van der Waals surface area contributed by atoms with E-state index in [2.05, 4.69) is 5.32 Å². The molecule has 0 radical (unpaired) electrons. The van der Waals surface area contributed by atoms with E-state index in [4.69, 9.17) is 9.47 Å². The van der Waals surface area contributed by atoms with Crippen LogP contribution >= 0.6 is 0 Å². The summed E-state index contributed by atoms with van der Waals surface area (Å²) in [4.78, 5) is 27.9. The normalized spacial score (nSPS) is 11.4. The summed E-state index contributed by atoms with van der Waals surface area (Å²) in [7, 11) is 3.18. The largest absolute Gasteiger partial charge is 0.497 e. The highest BCUT2D eigenvalue weighted by Crippen LogP contribution is 2.19. The first-order chi connectivity index (χ1) is 16.0. The molecule has 0 aliphatic carbocycles. The number of hydrogen-bond donors (Lipinski definition) is 1. The zero-order chi connectivity index (χ0) is 23.6. The molecule has 33 heavy (non-hydrogen) atoms. The van der Waals surface area contributed by atoms with Gasteiger partial charge in [-0.3, -0.25) is 9.59 Å². The first kappa shape index (κ1) is 23.9. The number of carbonyl (C=O) groups is 2. The molecule has 0 fully saturated rings. The highest BCUT2D eigenvalue weighted by Gasteiger charge is 2.30. The van der Waals surface area contributed by atoms with Crippen molar-refractivity contribution in [2.75, 3.05) is 20.8 Å². The smallest absolute Gasteiger partial charge is 0.261 e. The van der Waals surface area contributed by atoms with Crippen LogP contribution in [0.15, 0.2) is 78.9 Å². The number of amides is 2. The van der Waals surface area contributed by atoms with Gasteiger partial charge in [0.25, 0.3) is 5.91 Å². The molecule has 1 unspecified atom stereocenters. The fraction of sp³-hybridized carbons (Fsp3) is 0.259. The van der Waals surface area contributed by atoms with Crippen molar-refractivity contribution < 1.29 is 19.1 Å². The zero-order valence-electron chi connectivity index (χ0n) is 19.3. The minimum Gasteiger partial charge on any atom is -0.497 e. The predicted molar refractivity (Wildman–Crippen MR) is 128 cm³/mol. The highest BCUT2D eigenvalue weighted by molar-refractivity contribution is 5.88. The van der Waals surface area contributed by atoms with E-state index >= 15 is 0 Å². The van der Waals surface area contributed by atoms with Crippen molar-refractivity contribution in [3.8, 4) is 11.5 Å². The van der Waals surface area contributed by atoms with Gasteiger partial charge in [0.15, 0.2) is 6.61 Å². The van der Waals surface area contributed by atoms with E-state index < -0.39 is 6.04 Å². The Bertz CT molecular complexity index is 1070. The van der Waals surface area contributed by atoms with Crippen molar-refractivity contribution in [2.45, 2.75) is 25.9 Å². The molecular formula is C27H30N2O4. The molecule has 3 aromatic carbocycles. The lowest BCUT2D eigenvalue weighted by Crippen LogP contribution is -2.51. The lowest BCUT2D eigenvalue weighted by atomic mass is 10.0. The van der Waals surface area contributed by atoms with E-state index in [1.54, 1.807) is 19.1 Å². The standard InChI is InChI=1S/C27H30N2O4/c1-20-9-7-14-24(15-20)33-19-26(30)29(18-22-12-8-13-23(16-22)32-3)25(27(31)28-2)17-21-10-5-4-6-11-21/h4-16,25H,17-19H2,1-3H3,(H,28,31). The van der Waals surface area contributed by atoms with Gasteiger partial charge in [0.05, 0.1) is 7.11 Å². The summed E-state index contributed by atoms with van der Waals surface area (Å²) in [6.45, 7) is 2.04. The maximum absolute atomic E-state index is 13.4. The van der Waals surface area contributed by atoms with Gasteiger partial charge in [-0.25, -0.2) is 0 Å². The Morgan fingerprint density at radius 2 is 1.61 bits per heavy atom. The van der Waals surface area contributed by atoms with E-state index in [1.807, 2.05) is 85.8 Å². The molecule has 0 bridgehead atoms. The number of nitrogens with zero attached hydrogens (tertiary/aromatic N) is 1. The van der Waals surface area contributed by atoms with E-state index in [0.717, 1.165) is 16.7 Å². The Kier molecular flexibility index (Phi) is 8.47. The monoisotopic (exact) mass is 446 g/mol. The number of methoxy groups -OCH3 is 1. The van der Waals surface area contributed by atoms with Crippen LogP contribution in [-0.4, -0.2) is 43.5 Å². The molecule has 2 amide bonds. The minimum absolute atomic E-state index is 0.171. The Morgan fingerprint density at radius 1 is 0.909 bits per heavy atom. The molecule has 0 spiro atoms. The van der Waals surface area contributed by atoms with Crippen molar-refractivity contribution in [1.29, 1.82) is 0 Å². The molecule has 0 saturated heterocycles. The Hall–Kier alpha value is -3.80. The number of hydrogen-bond acceptors (Lipinski definition) is 4. The average Bonchev–Trinajstić information content (AvgIpc) is 2.85.